The Labute approximate surface area is 180 Å². The minimum Gasteiger partial charge on any atom is -0.424 e. The molecule has 1 aliphatic heterocycles. The van der Waals surface area contributed by atoms with Gasteiger partial charge in [0.25, 0.3) is 0 Å². The highest BCUT2D eigenvalue weighted by Gasteiger charge is 2.26. The molecule has 1 aliphatic rings. The Hall–Kier alpha value is -2.48. The number of halogens is 2. The van der Waals surface area contributed by atoms with E-state index in [1.54, 1.807) is 28.5 Å². The van der Waals surface area contributed by atoms with Crippen LogP contribution in [0.15, 0.2) is 21.8 Å². The number of amides is 1. The maximum atomic E-state index is 12.6. The van der Waals surface area contributed by atoms with Gasteiger partial charge in [-0.1, -0.05) is 35.0 Å². The normalized spacial score (nSPS) is 14.4. The van der Waals surface area contributed by atoms with Crippen molar-refractivity contribution < 1.29 is 9.21 Å². The van der Waals surface area contributed by atoms with Crippen LogP contribution in [-0.2, 0) is 4.79 Å². The Morgan fingerprint density at radius 3 is 2.79 bits per heavy atom. The predicted octanol–water partition coefficient (Wildman–Crippen LogP) is 2.65. The van der Waals surface area contributed by atoms with Crippen molar-refractivity contribution in [3.05, 3.63) is 33.9 Å². The zero-order chi connectivity index (χ0) is 20.5. The van der Waals surface area contributed by atoms with E-state index in [0.717, 1.165) is 0 Å². The number of aromatic nitrogens is 4. The Morgan fingerprint density at radius 2 is 2.07 bits per heavy atom. The monoisotopic (exact) mass is 451 g/mol. The maximum Gasteiger partial charge on any atom is 0.234 e. The number of piperazine rings is 1. The van der Waals surface area contributed by atoms with Gasteiger partial charge in [-0.15, -0.1) is 10.2 Å². The lowest BCUT2D eigenvalue weighted by Gasteiger charge is -2.34. The molecule has 0 bridgehead atoms. The van der Waals surface area contributed by atoms with Crippen molar-refractivity contribution in [3.8, 4) is 6.07 Å². The van der Waals surface area contributed by atoms with E-state index in [4.69, 9.17) is 27.6 Å². The fraction of sp³-hybridized carbons (Fsp3) is 0.353. The van der Waals surface area contributed by atoms with Crippen LogP contribution in [0.1, 0.15) is 11.6 Å². The number of nitriles is 1. The van der Waals surface area contributed by atoms with Gasteiger partial charge in [0.2, 0.25) is 17.5 Å². The Balaban J connectivity index is 1.37. The molecule has 0 radical (unpaired) electrons. The second-order valence-corrected chi connectivity index (χ2v) is 8.12. The van der Waals surface area contributed by atoms with Gasteiger partial charge in [-0.2, -0.15) is 5.26 Å². The zero-order valence-corrected chi connectivity index (χ0v) is 17.6. The third-order valence-electron chi connectivity index (χ3n) is 4.46. The topological polar surface area (TPSA) is 104 Å². The number of carbonyl (C=O) groups excluding carboxylic acids is 1. The van der Waals surface area contributed by atoms with Crippen LogP contribution in [0.3, 0.4) is 0 Å². The lowest BCUT2D eigenvalue weighted by molar-refractivity contribution is -0.128. The molecule has 12 heteroatoms. The van der Waals surface area contributed by atoms with E-state index in [1.807, 2.05) is 11.0 Å². The molecule has 0 aliphatic carbocycles. The second kappa shape index (κ2) is 8.10. The second-order valence-electron chi connectivity index (χ2n) is 6.34. The number of fused-ring (bicyclic) bond motifs is 1. The summed E-state index contributed by atoms with van der Waals surface area (Å²) in [5, 5.41) is 18.7. The van der Waals surface area contributed by atoms with E-state index < -0.39 is 0 Å². The molecular weight excluding hydrogens is 437 g/mol. The maximum absolute atomic E-state index is 12.6. The van der Waals surface area contributed by atoms with Crippen molar-refractivity contribution in [1.29, 1.82) is 5.26 Å². The van der Waals surface area contributed by atoms with Gasteiger partial charge in [-0.3, -0.25) is 9.20 Å². The molecule has 3 aromatic rings. The van der Waals surface area contributed by atoms with E-state index in [0.29, 0.717) is 58.8 Å². The van der Waals surface area contributed by atoms with Gasteiger partial charge in [0.05, 0.1) is 15.8 Å². The van der Waals surface area contributed by atoms with Gasteiger partial charge in [0, 0.05) is 39.3 Å². The summed E-state index contributed by atoms with van der Waals surface area (Å²) in [6.45, 7) is 3.90. The fourth-order valence-electron chi connectivity index (χ4n) is 3.08. The highest BCUT2D eigenvalue weighted by atomic mass is 35.5. The molecular formula is C17H15Cl2N7O2S. The first-order chi connectivity index (χ1) is 14.0. The summed E-state index contributed by atoms with van der Waals surface area (Å²) in [6.07, 6.45) is 1.67. The molecule has 0 aromatic carbocycles. The number of thioether (sulfide) groups is 1. The lowest BCUT2D eigenvalue weighted by atomic mass is 10.3. The summed E-state index contributed by atoms with van der Waals surface area (Å²) < 4.78 is 7.22. The Kier molecular flexibility index (Phi) is 5.54. The number of hydrogen-bond donors (Lipinski definition) is 0. The molecule has 3 aromatic heterocycles. The van der Waals surface area contributed by atoms with Gasteiger partial charge >= 0.3 is 0 Å². The number of anilines is 1. The van der Waals surface area contributed by atoms with Crippen LogP contribution < -0.4 is 4.90 Å². The SMILES string of the molecule is Cc1nc(C#N)c(N2CCN(C(=O)CSc3nnc4c(Cl)cc(Cl)cn34)CC2)o1. The largest absolute Gasteiger partial charge is 0.424 e. The highest BCUT2D eigenvalue weighted by molar-refractivity contribution is 7.99. The molecule has 0 unspecified atom stereocenters. The third-order valence-corrected chi connectivity index (χ3v) is 5.87. The van der Waals surface area contributed by atoms with Gasteiger partial charge in [0.15, 0.2) is 16.7 Å². The van der Waals surface area contributed by atoms with Crippen molar-refractivity contribution in [2.75, 3.05) is 36.8 Å². The lowest BCUT2D eigenvalue weighted by Crippen LogP contribution is -2.49. The molecule has 4 rings (SSSR count). The highest BCUT2D eigenvalue weighted by Crippen LogP contribution is 2.26. The first kappa shape index (κ1) is 19.8. The van der Waals surface area contributed by atoms with Gasteiger partial charge in [0.1, 0.15) is 6.07 Å². The number of hydrogen-bond acceptors (Lipinski definition) is 8. The smallest absolute Gasteiger partial charge is 0.234 e. The molecule has 0 saturated carbocycles. The standard InChI is InChI=1S/C17H15Cl2N7O2S/c1-10-21-13(7-20)16(28-10)25-4-2-24(3-5-25)14(27)9-29-17-23-22-15-12(19)6-11(18)8-26(15)17/h6,8H,2-5,9H2,1H3. The molecule has 4 heterocycles. The number of rotatable bonds is 4. The van der Waals surface area contributed by atoms with Crippen LogP contribution in [-0.4, -0.2) is 62.3 Å². The molecule has 150 valence electrons. The number of pyridine rings is 1. The quantitative estimate of drug-likeness (QED) is 0.557. The molecule has 0 N–H and O–H groups in total. The zero-order valence-electron chi connectivity index (χ0n) is 15.3. The Morgan fingerprint density at radius 1 is 1.31 bits per heavy atom. The molecule has 0 spiro atoms. The van der Waals surface area contributed by atoms with Gasteiger partial charge in [-0.05, 0) is 6.07 Å². The minimum atomic E-state index is -0.00576. The molecule has 1 saturated heterocycles. The third kappa shape index (κ3) is 3.99. The average molecular weight is 452 g/mol. The summed E-state index contributed by atoms with van der Waals surface area (Å²) in [7, 11) is 0. The van der Waals surface area contributed by atoms with Crippen LogP contribution in [0.5, 0.6) is 0 Å². The average Bonchev–Trinajstić information content (AvgIpc) is 3.29. The first-order valence-corrected chi connectivity index (χ1v) is 10.4. The van der Waals surface area contributed by atoms with Gasteiger partial charge < -0.3 is 14.2 Å². The van der Waals surface area contributed by atoms with E-state index in [-0.39, 0.29) is 17.4 Å². The van der Waals surface area contributed by atoms with Crippen LogP contribution in [0.2, 0.25) is 10.0 Å². The molecule has 29 heavy (non-hydrogen) atoms. The van der Waals surface area contributed by atoms with Crippen LogP contribution in [0, 0.1) is 18.3 Å². The fourth-order valence-corrected chi connectivity index (χ4v) is 4.40. The summed E-state index contributed by atoms with van der Waals surface area (Å²) in [5.41, 5.74) is 0.768. The van der Waals surface area contributed by atoms with Crippen molar-refractivity contribution in [2.24, 2.45) is 0 Å². The number of aryl methyl sites for hydroxylation is 1. The van der Waals surface area contributed by atoms with Gasteiger partial charge in [-0.25, -0.2) is 4.98 Å². The van der Waals surface area contributed by atoms with Crippen LogP contribution in [0.25, 0.3) is 5.65 Å². The summed E-state index contributed by atoms with van der Waals surface area (Å²) in [5.74, 6) is 1.13. The van der Waals surface area contributed by atoms with E-state index in [2.05, 4.69) is 15.2 Å². The van der Waals surface area contributed by atoms with Crippen molar-refractivity contribution >= 4 is 52.4 Å². The number of nitrogens with zero attached hydrogens (tertiary/aromatic N) is 7. The molecule has 1 fully saturated rings. The van der Waals surface area contributed by atoms with E-state index >= 15 is 0 Å². The molecule has 1 amide bonds. The number of oxazole rings is 1. The van der Waals surface area contributed by atoms with Crippen molar-refractivity contribution in [3.63, 3.8) is 0 Å². The van der Waals surface area contributed by atoms with Crippen molar-refractivity contribution in [1.82, 2.24) is 24.5 Å². The van der Waals surface area contributed by atoms with E-state index in [9.17, 15) is 10.1 Å². The van der Waals surface area contributed by atoms with Crippen LogP contribution in [0.4, 0.5) is 5.88 Å². The van der Waals surface area contributed by atoms with Crippen LogP contribution >= 0.6 is 35.0 Å². The first-order valence-electron chi connectivity index (χ1n) is 8.69. The van der Waals surface area contributed by atoms with Crippen molar-refractivity contribution in [2.45, 2.75) is 12.1 Å². The number of carbonyl (C=O) groups is 1. The minimum absolute atomic E-state index is 0.00576. The predicted molar refractivity (Wildman–Crippen MR) is 108 cm³/mol. The summed E-state index contributed by atoms with van der Waals surface area (Å²) in [4.78, 5) is 20.4. The van der Waals surface area contributed by atoms with E-state index in [1.165, 1.54) is 11.8 Å². The molecule has 9 nitrogen and oxygen atoms in total. The summed E-state index contributed by atoms with van der Waals surface area (Å²) in [6, 6.07) is 3.64. The summed E-state index contributed by atoms with van der Waals surface area (Å²) >= 11 is 13.4. The Bertz CT molecular complexity index is 1120. The molecule has 0 atom stereocenters.